The molecule has 0 unspecified atom stereocenters. The van der Waals surface area contributed by atoms with Crippen LogP contribution in [0.1, 0.15) is 5.56 Å². The molecular formula is C10H11BrN4OS. The monoisotopic (exact) mass is 314 g/mol. The van der Waals surface area contributed by atoms with E-state index in [1.807, 2.05) is 12.1 Å². The van der Waals surface area contributed by atoms with E-state index in [2.05, 4.69) is 42.1 Å². The summed E-state index contributed by atoms with van der Waals surface area (Å²) in [6.07, 6.45) is 0.905. The third-order valence-electron chi connectivity index (χ3n) is 2.21. The number of nitrogens with one attached hydrogen (secondary N) is 1. The lowest BCUT2D eigenvalue weighted by atomic mass is 10.1. The van der Waals surface area contributed by atoms with Gasteiger partial charge in [0.1, 0.15) is 5.75 Å². The highest BCUT2D eigenvalue weighted by Gasteiger charge is 2.02. The van der Waals surface area contributed by atoms with Gasteiger partial charge >= 0.3 is 0 Å². The Hall–Kier alpha value is -1.21. The van der Waals surface area contributed by atoms with E-state index in [4.69, 9.17) is 4.74 Å². The van der Waals surface area contributed by atoms with Gasteiger partial charge < -0.3 is 10.1 Å². The zero-order valence-electron chi connectivity index (χ0n) is 9.18. The summed E-state index contributed by atoms with van der Waals surface area (Å²) in [6.45, 7) is 0.801. The maximum atomic E-state index is 5.18. The molecule has 7 heteroatoms. The Morgan fingerprint density at radius 1 is 1.47 bits per heavy atom. The van der Waals surface area contributed by atoms with Crippen molar-refractivity contribution in [2.75, 3.05) is 19.0 Å². The van der Waals surface area contributed by atoms with E-state index in [1.165, 1.54) is 17.1 Å². The van der Waals surface area contributed by atoms with Crippen molar-refractivity contribution < 1.29 is 4.74 Å². The van der Waals surface area contributed by atoms with Crippen LogP contribution in [0.3, 0.4) is 0 Å². The van der Waals surface area contributed by atoms with Crippen molar-refractivity contribution in [3.8, 4) is 5.75 Å². The van der Waals surface area contributed by atoms with Gasteiger partial charge in [-0.15, -0.1) is 0 Å². The lowest BCUT2D eigenvalue weighted by molar-refractivity contribution is 0.412. The summed E-state index contributed by atoms with van der Waals surface area (Å²) >= 11 is 4.72. The summed E-state index contributed by atoms with van der Waals surface area (Å²) < 4.78 is 9.82. The molecule has 0 saturated carbocycles. The third-order valence-corrected chi connectivity index (χ3v) is 3.38. The maximum Gasteiger partial charge on any atom is 0.225 e. The first-order valence-corrected chi connectivity index (χ1v) is 6.57. The van der Waals surface area contributed by atoms with Crippen molar-refractivity contribution in [2.45, 2.75) is 6.42 Å². The molecule has 0 fully saturated rings. The standard InChI is InChI=1S/C10H11BrN4OS/c1-16-9-3-2-7(6-8(9)11)4-5-12-10-13-14-15-17-10/h2-3,6H,4-5H2,1H3,(H,12,13,15). The summed E-state index contributed by atoms with van der Waals surface area (Å²) in [7, 11) is 1.66. The molecule has 1 aromatic carbocycles. The molecule has 1 heterocycles. The van der Waals surface area contributed by atoms with Crippen molar-refractivity contribution >= 4 is 32.6 Å². The number of anilines is 1. The lowest BCUT2D eigenvalue weighted by Gasteiger charge is -2.06. The zero-order chi connectivity index (χ0) is 12.1. The van der Waals surface area contributed by atoms with Gasteiger partial charge in [0.25, 0.3) is 0 Å². The van der Waals surface area contributed by atoms with Crippen LogP contribution >= 0.6 is 27.5 Å². The second-order valence-electron chi connectivity index (χ2n) is 3.31. The Morgan fingerprint density at radius 2 is 2.35 bits per heavy atom. The smallest absolute Gasteiger partial charge is 0.225 e. The van der Waals surface area contributed by atoms with Crippen LogP contribution in [0, 0.1) is 0 Å². The highest BCUT2D eigenvalue weighted by Crippen LogP contribution is 2.25. The molecule has 1 aromatic heterocycles. The topological polar surface area (TPSA) is 59.9 Å². The van der Waals surface area contributed by atoms with Crippen LogP contribution < -0.4 is 10.1 Å². The number of hydrogen-bond donors (Lipinski definition) is 1. The summed E-state index contributed by atoms with van der Waals surface area (Å²) in [5, 5.41) is 11.2. The van der Waals surface area contributed by atoms with Gasteiger partial charge in [-0.25, -0.2) is 0 Å². The van der Waals surface area contributed by atoms with E-state index >= 15 is 0 Å². The molecule has 0 amide bonds. The van der Waals surface area contributed by atoms with Crippen molar-refractivity contribution in [3.05, 3.63) is 28.2 Å². The van der Waals surface area contributed by atoms with E-state index in [9.17, 15) is 0 Å². The number of benzene rings is 1. The molecule has 0 aliphatic carbocycles. The quantitative estimate of drug-likeness (QED) is 0.918. The second kappa shape index (κ2) is 5.92. The highest BCUT2D eigenvalue weighted by molar-refractivity contribution is 9.10. The molecule has 0 saturated heterocycles. The summed E-state index contributed by atoms with van der Waals surface area (Å²) in [5.41, 5.74) is 1.22. The fraction of sp³-hybridized carbons (Fsp3) is 0.300. The first kappa shape index (κ1) is 12.3. The summed E-state index contributed by atoms with van der Waals surface area (Å²) in [5.74, 6) is 0.843. The Labute approximate surface area is 111 Å². The predicted octanol–water partition coefficient (Wildman–Crippen LogP) is 2.36. The number of nitrogens with zero attached hydrogens (tertiary/aromatic N) is 3. The lowest BCUT2D eigenvalue weighted by Crippen LogP contribution is -2.04. The molecule has 0 radical (unpaired) electrons. The van der Waals surface area contributed by atoms with Crippen molar-refractivity contribution in [3.63, 3.8) is 0 Å². The Balaban J connectivity index is 1.89. The van der Waals surface area contributed by atoms with Gasteiger partial charge in [-0.05, 0) is 45.3 Å². The summed E-state index contributed by atoms with van der Waals surface area (Å²) in [6, 6.07) is 6.05. The Morgan fingerprint density at radius 3 is 3.00 bits per heavy atom. The first-order valence-electron chi connectivity index (χ1n) is 5.01. The van der Waals surface area contributed by atoms with Crippen molar-refractivity contribution in [2.24, 2.45) is 0 Å². The Bertz CT molecular complexity index is 477. The minimum Gasteiger partial charge on any atom is -0.496 e. The number of halogens is 1. The average Bonchev–Trinajstić information content (AvgIpc) is 2.82. The summed E-state index contributed by atoms with van der Waals surface area (Å²) in [4.78, 5) is 0. The number of methoxy groups -OCH3 is 1. The van der Waals surface area contributed by atoms with E-state index in [1.54, 1.807) is 7.11 Å². The van der Waals surface area contributed by atoms with Gasteiger partial charge in [-0.2, -0.15) is 0 Å². The van der Waals surface area contributed by atoms with E-state index in [0.717, 1.165) is 28.3 Å². The van der Waals surface area contributed by atoms with Gasteiger partial charge in [0.05, 0.1) is 11.6 Å². The number of rotatable bonds is 5. The molecule has 2 rings (SSSR count). The Kier molecular flexibility index (Phi) is 4.27. The van der Waals surface area contributed by atoms with Gasteiger partial charge in [0.2, 0.25) is 5.13 Å². The SMILES string of the molecule is COc1ccc(CCNc2nnns2)cc1Br. The minimum absolute atomic E-state index is 0.748. The molecule has 0 spiro atoms. The van der Waals surface area contributed by atoms with Gasteiger partial charge in [0.15, 0.2) is 0 Å². The largest absolute Gasteiger partial charge is 0.496 e. The average molecular weight is 315 g/mol. The van der Waals surface area contributed by atoms with Crippen LogP contribution in [0.15, 0.2) is 22.7 Å². The van der Waals surface area contributed by atoms with E-state index < -0.39 is 0 Å². The fourth-order valence-electron chi connectivity index (χ4n) is 1.38. The number of aromatic nitrogens is 3. The van der Waals surface area contributed by atoms with Crippen molar-refractivity contribution in [1.29, 1.82) is 0 Å². The molecule has 0 aliphatic rings. The van der Waals surface area contributed by atoms with E-state index in [0.29, 0.717) is 0 Å². The van der Waals surface area contributed by atoms with Gasteiger partial charge in [-0.3, -0.25) is 0 Å². The first-order chi connectivity index (χ1) is 8.29. The zero-order valence-corrected chi connectivity index (χ0v) is 11.6. The molecular weight excluding hydrogens is 304 g/mol. The minimum atomic E-state index is 0.748. The van der Waals surface area contributed by atoms with Crippen LogP contribution in [0.5, 0.6) is 5.75 Å². The molecule has 1 N–H and O–H groups in total. The van der Waals surface area contributed by atoms with Crippen LogP contribution in [-0.2, 0) is 6.42 Å². The molecule has 5 nitrogen and oxygen atoms in total. The van der Waals surface area contributed by atoms with Crippen LogP contribution in [-0.4, -0.2) is 28.5 Å². The van der Waals surface area contributed by atoms with Crippen LogP contribution in [0.4, 0.5) is 5.13 Å². The number of hydrogen-bond acceptors (Lipinski definition) is 6. The van der Waals surface area contributed by atoms with Crippen LogP contribution in [0.25, 0.3) is 0 Å². The van der Waals surface area contributed by atoms with E-state index in [-0.39, 0.29) is 0 Å². The maximum absolute atomic E-state index is 5.18. The van der Waals surface area contributed by atoms with Crippen LogP contribution in [0.2, 0.25) is 0 Å². The highest BCUT2D eigenvalue weighted by atomic mass is 79.9. The van der Waals surface area contributed by atoms with Crippen molar-refractivity contribution in [1.82, 2.24) is 14.8 Å². The third kappa shape index (κ3) is 3.37. The number of ether oxygens (including phenoxy) is 1. The molecule has 2 aromatic rings. The molecule has 90 valence electrons. The molecule has 17 heavy (non-hydrogen) atoms. The molecule has 0 atom stereocenters. The normalized spacial score (nSPS) is 10.2. The molecule has 0 bridgehead atoms. The second-order valence-corrected chi connectivity index (χ2v) is 4.90. The van der Waals surface area contributed by atoms with Gasteiger partial charge in [0, 0.05) is 18.1 Å². The fourth-order valence-corrected chi connectivity index (χ4v) is 2.36. The predicted molar refractivity (Wildman–Crippen MR) is 70.6 cm³/mol. The molecule has 0 aliphatic heterocycles. The van der Waals surface area contributed by atoms with Gasteiger partial charge in [-0.1, -0.05) is 15.7 Å².